The molecule has 0 aromatic heterocycles. The molecule has 1 aliphatic heterocycles. The lowest BCUT2D eigenvalue weighted by atomic mass is 9.55. The lowest BCUT2D eigenvalue weighted by Gasteiger charge is -2.60. The third kappa shape index (κ3) is 2.57. The summed E-state index contributed by atoms with van der Waals surface area (Å²) in [5, 5.41) is 3.40. The van der Waals surface area contributed by atoms with E-state index in [0.29, 0.717) is 24.6 Å². The van der Waals surface area contributed by atoms with Gasteiger partial charge in [0.1, 0.15) is 0 Å². The van der Waals surface area contributed by atoms with Gasteiger partial charge in [0, 0.05) is 30.5 Å². The van der Waals surface area contributed by atoms with Crippen molar-refractivity contribution in [3.63, 3.8) is 0 Å². The molecule has 0 bridgehead atoms. The molecule has 2 aliphatic rings. The van der Waals surface area contributed by atoms with Crippen LogP contribution in [0.1, 0.15) is 26.7 Å². The summed E-state index contributed by atoms with van der Waals surface area (Å²) in [6, 6.07) is 0.370. The molecule has 0 aromatic carbocycles. The fourth-order valence-electron chi connectivity index (χ4n) is 3.39. The Kier molecular flexibility index (Phi) is 4.02. The first-order valence-electron chi connectivity index (χ1n) is 6.65. The topological polar surface area (TPSA) is 67.4 Å². The fraction of sp³-hybridized carbons (Fsp3) is 1.00. The Morgan fingerprint density at radius 2 is 2.11 bits per heavy atom. The van der Waals surface area contributed by atoms with Crippen LogP contribution in [0.5, 0.6) is 0 Å². The van der Waals surface area contributed by atoms with Crippen LogP contribution in [0.3, 0.4) is 0 Å². The van der Waals surface area contributed by atoms with Crippen molar-refractivity contribution in [2.75, 3.05) is 26.0 Å². The van der Waals surface area contributed by atoms with Crippen molar-refractivity contribution in [3.8, 4) is 0 Å². The quantitative estimate of drug-likeness (QED) is 0.759. The van der Waals surface area contributed by atoms with Crippen LogP contribution < -0.4 is 10.0 Å². The zero-order valence-corrected chi connectivity index (χ0v) is 12.2. The third-order valence-corrected chi connectivity index (χ3v) is 5.74. The van der Waals surface area contributed by atoms with Gasteiger partial charge < -0.3 is 10.1 Å². The highest BCUT2D eigenvalue weighted by Gasteiger charge is 2.57. The molecule has 5 nitrogen and oxygen atoms in total. The Bertz CT molecular complexity index is 394. The Morgan fingerprint density at radius 3 is 2.78 bits per heavy atom. The summed E-state index contributed by atoms with van der Waals surface area (Å²) in [6.45, 7) is 5.76. The normalized spacial score (nSPS) is 34.7. The largest absolute Gasteiger partial charge is 0.377 e. The van der Waals surface area contributed by atoms with Crippen molar-refractivity contribution in [1.29, 1.82) is 0 Å². The maximum Gasteiger partial charge on any atom is 0.212 e. The molecule has 3 unspecified atom stereocenters. The summed E-state index contributed by atoms with van der Waals surface area (Å²) in [4.78, 5) is 0. The summed E-state index contributed by atoms with van der Waals surface area (Å²) in [5.74, 6) is 0.681. The van der Waals surface area contributed by atoms with Gasteiger partial charge in [-0.3, -0.25) is 0 Å². The van der Waals surface area contributed by atoms with Gasteiger partial charge in [-0.1, -0.05) is 13.8 Å². The SMILES string of the molecule is CNS(=O)(=O)CCNC1C2CCCOC2C1(C)C. The molecule has 0 amide bonds. The zero-order chi connectivity index (χ0) is 13.4. The van der Waals surface area contributed by atoms with Gasteiger partial charge in [-0.05, 0) is 19.9 Å². The summed E-state index contributed by atoms with van der Waals surface area (Å²) in [6.07, 6.45) is 2.64. The van der Waals surface area contributed by atoms with Crippen molar-refractivity contribution in [1.82, 2.24) is 10.0 Å². The van der Waals surface area contributed by atoms with Crippen molar-refractivity contribution in [3.05, 3.63) is 0 Å². The molecule has 1 saturated carbocycles. The average molecular weight is 276 g/mol. The van der Waals surface area contributed by atoms with E-state index in [9.17, 15) is 8.42 Å². The molecule has 2 rings (SSSR count). The van der Waals surface area contributed by atoms with Gasteiger partial charge in [-0.2, -0.15) is 0 Å². The highest BCUT2D eigenvalue weighted by molar-refractivity contribution is 7.89. The summed E-state index contributed by atoms with van der Waals surface area (Å²) in [5.41, 5.74) is 0.106. The maximum atomic E-state index is 11.4. The van der Waals surface area contributed by atoms with E-state index in [0.717, 1.165) is 13.0 Å². The number of fused-ring (bicyclic) bond motifs is 1. The molecule has 106 valence electrons. The van der Waals surface area contributed by atoms with Crippen LogP contribution in [0.15, 0.2) is 0 Å². The minimum atomic E-state index is -3.11. The van der Waals surface area contributed by atoms with E-state index in [2.05, 4.69) is 23.9 Å². The second kappa shape index (κ2) is 5.07. The zero-order valence-electron chi connectivity index (χ0n) is 11.4. The van der Waals surface area contributed by atoms with Crippen LogP contribution in [-0.2, 0) is 14.8 Å². The van der Waals surface area contributed by atoms with E-state index in [4.69, 9.17) is 4.74 Å². The number of ether oxygens (including phenoxy) is 1. The van der Waals surface area contributed by atoms with Crippen LogP contribution in [0.2, 0.25) is 0 Å². The molecule has 1 saturated heterocycles. The molecule has 3 atom stereocenters. The molecule has 0 radical (unpaired) electrons. The van der Waals surface area contributed by atoms with Crippen molar-refractivity contribution in [2.45, 2.75) is 38.8 Å². The first-order valence-corrected chi connectivity index (χ1v) is 8.30. The fourth-order valence-corrected chi connectivity index (χ4v) is 3.98. The number of rotatable bonds is 5. The van der Waals surface area contributed by atoms with Crippen LogP contribution in [0.25, 0.3) is 0 Å². The summed E-state index contributed by atoms with van der Waals surface area (Å²) >= 11 is 0. The molecule has 2 N–H and O–H groups in total. The van der Waals surface area contributed by atoms with Crippen molar-refractivity contribution < 1.29 is 13.2 Å². The van der Waals surface area contributed by atoms with E-state index in [1.165, 1.54) is 13.5 Å². The van der Waals surface area contributed by atoms with E-state index in [1.54, 1.807) is 0 Å². The molecule has 2 fully saturated rings. The second-order valence-electron chi connectivity index (χ2n) is 5.87. The van der Waals surface area contributed by atoms with Crippen LogP contribution in [0, 0.1) is 11.3 Å². The smallest absolute Gasteiger partial charge is 0.212 e. The number of sulfonamides is 1. The van der Waals surface area contributed by atoms with E-state index < -0.39 is 10.0 Å². The van der Waals surface area contributed by atoms with Crippen molar-refractivity contribution in [2.24, 2.45) is 11.3 Å². The Balaban J connectivity index is 1.86. The van der Waals surface area contributed by atoms with Gasteiger partial charge in [0.2, 0.25) is 10.0 Å². The van der Waals surface area contributed by atoms with Gasteiger partial charge in [-0.15, -0.1) is 0 Å². The molecule has 18 heavy (non-hydrogen) atoms. The highest BCUT2D eigenvalue weighted by atomic mass is 32.2. The van der Waals surface area contributed by atoms with Crippen molar-refractivity contribution >= 4 is 10.0 Å². The minimum absolute atomic E-state index is 0.106. The van der Waals surface area contributed by atoms with Gasteiger partial charge in [-0.25, -0.2) is 13.1 Å². The van der Waals surface area contributed by atoms with Crippen LogP contribution in [0.4, 0.5) is 0 Å². The Labute approximate surface area is 110 Å². The van der Waals surface area contributed by atoms with E-state index in [-0.39, 0.29) is 11.2 Å². The lowest BCUT2D eigenvalue weighted by molar-refractivity contribution is -0.192. The van der Waals surface area contributed by atoms with Gasteiger partial charge in [0.25, 0.3) is 0 Å². The molecule has 1 aliphatic carbocycles. The number of nitrogens with one attached hydrogen (secondary N) is 2. The van der Waals surface area contributed by atoms with Gasteiger partial charge in [0.05, 0.1) is 11.9 Å². The first kappa shape index (κ1) is 14.2. The first-order chi connectivity index (χ1) is 8.38. The van der Waals surface area contributed by atoms with E-state index in [1.807, 2.05) is 0 Å². The second-order valence-corrected chi connectivity index (χ2v) is 7.92. The molecule has 6 heteroatoms. The lowest BCUT2D eigenvalue weighted by Crippen LogP contribution is -2.69. The average Bonchev–Trinajstić information content (AvgIpc) is 2.34. The van der Waals surface area contributed by atoms with Gasteiger partial charge in [0.15, 0.2) is 0 Å². The molecular formula is C12H24N2O3S. The van der Waals surface area contributed by atoms with Crippen LogP contribution >= 0.6 is 0 Å². The monoisotopic (exact) mass is 276 g/mol. The predicted molar refractivity (Wildman–Crippen MR) is 70.9 cm³/mol. The van der Waals surface area contributed by atoms with E-state index >= 15 is 0 Å². The Morgan fingerprint density at radius 1 is 1.39 bits per heavy atom. The third-order valence-electron chi connectivity index (χ3n) is 4.38. The minimum Gasteiger partial charge on any atom is -0.377 e. The predicted octanol–water partition coefficient (Wildman–Crippen LogP) is 0.329. The standard InChI is InChI=1S/C12H24N2O3S/c1-12(2)10(9-5-4-7-17-11(9)12)14-6-8-18(15,16)13-3/h9-11,13-14H,4-8H2,1-3H3. The molecular weight excluding hydrogens is 252 g/mol. The maximum absolute atomic E-state index is 11.4. The molecule has 1 heterocycles. The Hall–Kier alpha value is -0.170. The number of hydrogen-bond donors (Lipinski definition) is 2. The number of hydrogen-bond acceptors (Lipinski definition) is 4. The summed E-state index contributed by atoms with van der Waals surface area (Å²) < 4.78 is 30.9. The molecule has 0 spiro atoms. The molecule has 0 aromatic rings. The van der Waals surface area contributed by atoms with Gasteiger partial charge >= 0.3 is 0 Å². The summed E-state index contributed by atoms with van der Waals surface area (Å²) in [7, 11) is -1.66. The van der Waals surface area contributed by atoms with Crippen LogP contribution in [-0.4, -0.2) is 46.5 Å². The highest BCUT2D eigenvalue weighted by Crippen LogP contribution is 2.51.